The van der Waals surface area contributed by atoms with Crippen LogP contribution >= 0.6 is 0 Å². The van der Waals surface area contributed by atoms with E-state index in [1.807, 2.05) is 61.5 Å². The number of amides is 2. The van der Waals surface area contributed by atoms with Crippen molar-refractivity contribution in [1.82, 2.24) is 19.1 Å². The largest absolute Gasteiger partial charge is 0.497 e. The van der Waals surface area contributed by atoms with Gasteiger partial charge in [-0.05, 0) is 84.6 Å². The Balaban J connectivity index is 0.000000188. The Morgan fingerprint density at radius 3 is 1.57 bits per heavy atom. The van der Waals surface area contributed by atoms with E-state index in [0.29, 0.717) is 46.6 Å². The molecular formula is C46H44N6O6. The maximum atomic E-state index is 14.0. The molecule has 0 spiro atoms. The fourth-order valence-electron chi connectivity index (χ4n) is 7.37. The second-order valence-corrected chi connectivity index (χ2v) is 13.8. The minimum atomic E-state index is -0.507. The summed E-state index contributed by atoms with van der Waals surface area (Å²) >= 11 is 0. The van der Waals surface area contributed by atoms with Crippen LogP contribution < -0.4 is 31.2 Å². The first-order valence-electron chi connectivity index (χ1n) is 19.3. The standard InChI is InChI=1S/C27H23N3O4.C19H21N3O2/c1-3-4-15-29-24-21(13-8-14-28-24)22(17-9-7-10-18(16-17)34-2)23(27(29)33)30-25(31)19-11-5-6-12-20(19)26(30)32;1-3-4-11-22-18-15(9-6-10-21-18)16(17(20)19(22)23)13-7-5-8-14(12-13)24-2/h5-14,16H,3-4,15H2,1-2H3;5-10,12H,3-4,11,20H2,1-2H3. The summed E-state index contributed by atoms with van der Waals surface area (Å²) in [7, 11) is 3.18. The van der Waals surface area contributed by atoms with Crippen LogP contribution in [0.3, 0.4) is 0 Å². The average Bonchev–Trinajstić information content (AvgIpc) is 3.51. The van der Waals surface area contributed by atoms with E-state index in [4.69, 9.17) is 15.2 Å². The molecule has 3 aromatic carbocycles. The second-order valence-electron chi connectivity index (χ2n) is 13.8. The summed E-state index contributed by atoms with van der Waals surface area (Å²) in [4.78, 5) is 63.7. The van der Waals surface area contributed by atoms with Crippen LogP contribution in [0.15, 0.2) is 119 Å². The first-order chi connectivity index (χ1) is 28.2. The summed E-state index contributed by atoms with van der Waals surface area (Å²) < 4.78 is 14.0. The summed E-state index contributed by atoms with van der Waals surface area (Å²) in [5.41, 5.74) is 10.4. The molecule has 12 nitrogen and oxygen atoms in total. The fourth-order valence-corrected chi connectivity index (χ4v) is 7.37. The minimum absolute atomic E-state index is 0.0380. The number of unbranched alkanes of at least 4 members (excludes halogenated alkanes) is 2. The lowest BCUT2D eigenvalue weighted by molar-refractivity contribution is 0.0925. The molecule has 2 N–H and O–H groups in total. The molecule has 58 heavy (non-hydrogen) atoms. The number of fused-ring (bicyclic) bond motifs is 3. The molecule has 12 heteroatoms. The number of rotatable bonds is 11. The normalized spacial score (nSPS) is 12.1. The number of nitrogens with two attached hydrogens (primary N) is 1. The number of benzene rings is 3. The van der Waals surface area contributed by atoms with Gasteiger partial charge in [0, 0.05) is 47.4 Å². The maximum absolute atomic E-state index is 14.0. The van der Waals surface area contributed by atoms with E-state index in [0.717, 1.165) is 52.8 Å². The molecule has 0 saturated carbocycles. The Bertz CT molecular complexity index is 2780. The van der Waals surface area contributed by atoms with Gasteiger partial charge in [0.2, 0.25) is 0 Å². The highest BCUT2D eigenvalue weighted by atomic mass is 16.5. The molecule has 0 bridgehead atoms. The van der Waals surface area contributed by atoms with Gasteiger partial charge in [-0.25, -0.2) is 14.9 Å². The lowest BCUT2D eigenvalue weighted by Gasteiger charge is -2.22. The van der Waals surface area contributed by atoms with Crippen LogP contribution in [-0.4, -0.2) is 45.1 Å². The third-order valence-electron chi connectivity index (χ3n) is 10.3. The zero-order chi connectivity index (χ0) is 40.9. The van der Waals surface area contributed by atoms with Gasteiger partial charge >= 0.3 is 0 Å². The molecule has 0 atom stereocenters. The highest BCUT2D eigenvalue weighted by Gasteiger charge is 2.40. The van der Waals surface area contributed by atoms with Gasteiger partial charge in [0.25, 0.3) is 22.9 Å². The lowest BCUT2D eigenvalue weighted by atomic mass is 9.99. The number of nitrogens with zero attached hydrogens (tertiary/aromatic N) is 5. The number of pyridine rings is 4. The van der Waals surface area contributed by atoms with Gasteiger partial charge in [0.05, 0.1) is 25.3 Å². The topological polar surface area (TPSA) is 152 Å². The average molecular weight is 777 g/mol. The number of hydrogen-bond donors (Lipinski definition) is 1. The van der Waals surface area contributed by atoms with Crippen LogP contribution in [0.4, 0.5) is 11.4 Å². The maximum Gasteiger partial charge on any atom is 0.277 e. The Hall–Kier alpha value is -7.08. The number of nitrogen functional groups attached to an aromatic ring is 1. The first-order valence-corrected chi connectivity index (χ1v) is 19.3. The molecule has 0 aliphatic carbocycles. The van der Waals surface area contributed by atoms with E-state index in [9.17, 15) is 19.2 Å². The summed E-state index contributed by atoms with van der Waals surface area (Å²) in [6.45, 7) is 5.17. The summed E-state index contributed by atoms with van der Waals surface area (Å²) in [5.74, 6) is 0.302. The lowest BCUT2D eigenvalue weighted by Crippen LogP contribution is -2.37. The Kier molecular flexibility index (Phi) is 11.5. The van der Waals surface area contributed by atoms with Crippen LogP contribution in [0.2, 0.25) is 0 Å². The predicted octanol–water partition coefficient (Wildman–Crippen LogP) is 8.13. The van der Waals surface area contributed by atoms with Crippen molar-refractivity contribution in [2.45, 2.75) is 52.6 Å². The van der Waals surface area contributed by atoms with Crippen molar-refractivity contribution in [1.29, 1.82) is 0 Å². The van der Waals surface area contributed by atoms with E-state index >= 15 is 0 Å². The molecule has 0 radical (unpaired) electrons. The van der Waals surface area contributed by atoms with Crippen molar-refractivity contribution >= 4 is 45.3 Å². The van der Waals surface area contributed by atoms with E-state index in [-0.39, 0.29) is 28.1 Å². The number of methoxy groups -OCH3 is 2. The second kappa shape index (κ2) is 17.0. The SMILES string of the molecule is CCCCn1c(=O)c(N)c(-c2cccc(OC)c2)c2cccnc21.CCCCn1c(=O)c(N2C(=O)c3ccccc3C2=O)c(-c2cccc(OC)c2)c2cccnc21. The third kappa shape index (κ3) is 7.08. The van der Waals surface area contributed by atoms with Crippen molar-refractivity contribution in [3.8, 4) is 33.8 Å². The number of imide groups is 1. The van der Waals surface area contributed by atoms with Crippen molar-refractivity contribution in [2.24, 2.45) is 0 Å². The zero-order valence-electron chi connectivity index (χ0n) is 32.9. The molecule has 0 fully saturated rings. The molecule has 5 heterocycles. The van der Waals surface area contributed by atoms with E-state index < -0.39 is 17.4 Å². The summed E-state index contributed by atoms with van der Waals surface area (Å²) in [6, 6.07) is 28.9. The summed E-state index contributed by atoms with van der Waals surface area (Å²) in [5, 5.41) is 1.55. The van der Waals surface area contributed by atoms with Crippen LogP contribution in [0.25, 0.3) is 44.3 Å². The van der Waals surface area contributed by atoms with Gasteiger partial charge in [-0.15, -0.1) is 0 Å². The van der Waals surface area contributed by atoms with Crippen LogP contribution in [0.1, 0.15) is 60.2 Å². The summed E-state index contributed by atoms with van der Waals surface area (Å²) in [6.07, 6.45) is 6.88. The van der Waals surface area contributed by atoms with Crippen LogP contribution in [-0.2, 0) is 13.1 Å². The van der Waals surface area contributed by atoms with Gasteiger partial charge in [-0.3, -0.25) is 28.3 Å². The van der Waals surface area contributed by atoms with E-state index in [1.165, 1.54) is 0 Å². The molecule has 1 aliphatic rings. The van der Waals surface area contributed by atoms with Crippen molar-refractivity contribution < 1.29 is 19.1 Å². The Morgan fingerprint density at radius 2 is 1.07 bits per heavy atom. The molecule has 7 aromatic rings. The Labute approximate surface area is 335 Å². The van der Waals surface area contributed by atoms with Crippen molar-refractivity contribution in [3.05, 3.63) is 141 Å². The number of ether oxygens (including phenoxy) is 2. The molecule has 0 saturated heterocycles. The number of anilines is 2. The third-order valence-corrected chi connectivity index (χ3v) is 10.3. The van der Waals surface area contributed by atoms with Gasteiger partial charge in [0.15, 0.2) is 0 Å². The zero-order valence-corrected chi connectivity index (χ0v) is 32.9. The molecule has 294 valence electrons. The highest BCUT2D eigenvalue weighted by Crippen LogP contribution is 2.39. The molecule has 4 aromatic heterocycles. The van der Waals surface area contributed by atoms with Crippen molar-refractivity contribution in [3.63, 3.8) is 0 Å². The minimum Gasteiger partial charge on any atom is -0.497 e. The molecule has 2 amide bonds. The fraction of sp³-hybridized carbons (Fsp3) is 0.217. The molecular weight excluding hydrogens is 733 g/mol. The number of aryl methyl sites for hydroxylation is 2. The number of hydrogen-bond acceptors (Lipinski definition) is 9. The van der Waals surface area contributed by atoms with Gasteiger partial charge in [0.1, 0.15) is 34.2 Å². The molecule has 8 rings (SSSR count). The predicted molar refractivity (Wildman–Crippen MR) is 228 cm³/mol. The first kappa shape index (κ1) is 39.2. The van der Waals surface area contributed by atoms with Crippen LogP contribution in [0, 0.1) is 0 Å². The Morgan fingerprint density at radius 1 is 0.586 bits per heavy atom. The van der Waals surface area contributed by atoms with Crippen LogP contribution in [0.5, 0.6) is 11.5 Å². The number of carbonyl (C=O) groups excluding carboxylic acids is 2. The number of aromatic nitrogens is 4. The number of carbonyl (C=O) groups is 2. The van der Waals surface area contributed by atoms with Gasteiger partial charge in [-0.1, -0.05) is 63.1 Å². The quantitative estimate of drug-likeness (QED) is 0.128. The molecule has 0 unspecified atom stereocenters. The molecule has 1 aliphatic heterocycles. The van der Waals surface area contributed by atoms with Crippen molar-refractivity contribution in [2.75, 3.05) is 24.9 Å². The van der Waals surface area contributed by atoms with Gasteiger partial charge in [-0.2, -0.15) is 0 Å². The monoisotopic (exact) mass is 776 g/mol. The highest BCUT2D eigenvalue weighted by molar-refractivity contribution is 6.35. The van der Waals surface area contributed by atoms with E-state index in [1.54, 1.807) is 78.2 Å². The smallest absolute Gasteiger partial charge is 0.277 e. The van der Waals surface area contributed by atoms with E-state index in [2.05, 4.69) is 16.9 Å². The van der Waals surface area contributed by atoms with Gasteiger partial charge < -0.3 is 15.2 Å².